The van der Waals surface area contributed by atoms with Gasteiger partial charge in [-0.25, -0.2) is 0 Å². The normalized spacial score (nSPS) is 30.5. The van der Waals surface area contributed by atoms with Crippen molar-refractivity contribution in [3.63, 3.8) is 0 Å². The van der Waals surface area contributed by atoms with Gasteiger partial charge in [0, 0.05) is 6.61 Å². The molecule has 0 aromatic rings. The highest BCUT2D eigenvalue weighted by atomic mass is 16.2. The van der Waals surface area contributed by atoms with Gasteiger partial charge in [0.2, 0.25) is 0 Å². The first-order chi connectivity index (χ1) is 5.20. The van der Waals surface area contributed by atoms with Crippen LogP contribution < -0.4 is 0 Å². The highest BCUT2D eigenvalue weighted by Crippen LogP contribution is 2.27. The molecule has 0 radical (unpaired) electrons. The van der Waals surface area contributed by atoms with Crippen molar-refractivity contribution in [1.82, 2.24) is 0 Å². The molecule has 1 saturated carbocycles. The Morgan fingerprint density at radius 1 is 1.18 bits per heavy atom. The number of rotatable bonds is 0. The Labute approximate surface area is 70.8 Å². The van der Waals surface area contributed by atoms with Crippen LogP contribution in [0.15, 0.2) is 0 Å². The maximum atomic E-state index is 7.57. The second kappa shape index (κ2) is 6.66. The Morgan fingerprint density at radius 3 is 1.73 bits per heavy atom. The average molecular weight is 158 g/mol. The Morgan fingerprint density at radius 2 is 1.55 bits per heavy atom. The zero-order valence-electron chi connectivity index (χ0n) is 8.14. The molecule has 2 atom stereocenters. The summed E-state index contributed by atoms with van der Waals surface area (Å²) >= 11 is 0. The highest BCUT2D eigenvalue weighted by molar-refractivity contribution is 4.66. The van der Waals surface area contributed by atoms with Gasteiger partial charge in [-0.15, -0.1) is 0 Å². The Bertz CT molecular complexity index is 72.9. The van der Waals surface area contributed by atoms with Crippen LogP contribution in [0.2, 0.25) is 0 Å². The molecule has 0 saturated heterocycles. The fourth-order valence-electron chi connectivity index (χ4n) is 1.74. The maximum absolute atomic E-state index is 7.57. The molecule has 1 heteroatoms. The van der Waals surface area contributed by atoms with Crippen LogP contribution in [-0.4, -0.2) is 11.7 Å². The van der Waals surface area contributed by atoms with Crippen molar-refractivity contribution in [3.05, 3.63) is 0 Å². The van der Waals surface area contributed by atoms with Gasteiger partial charge in [0.25, 0.3) is 0 Å². The minimum atomic E-state index is 0.250. The molecule has 0 amide bonds. The summed E-state index contributed by atoms with van der Waals surface area (Å²) in [4.78, 5) is 0. The molecule has 11 heavy (non-hydrogen) atoms. The lowest BCUT2D eigenvalue weighted by Crippen LogP contribution is -2.09. The van der Waals surface area contributed by atoms with Gasteiger partial charge in [0.1, 0.15) is 0 Å². The summed E-state index contributed by atoms with van der Waals surface area (Å²) in [5.41, 5.74) is 0. The van der Waals surface area contributed by atoms with Gasteiger partial charge in [-0.2, -0.15) is 0 Å². The van der Waals surface area contributed by atoms with Crippen molar-refractivity contribution in [3.8, 4) is 0 Å². The van der Waals surface area contributed by atoms with E-state index in [1.807, 2.05) is 0 Å². The van der Waals surface area contributed by atoms with Gasteiger partial charge in [-0.05, 0) is 25.2 Å². The molecule has 0 heterocycles. The Balaban J connectivity index is 0.000000292. The maximum Gasteiger partial charge on any atom is 0.0402 e. The number of hydrogen-bond donors (Lipinski definition) is 1. The van der Waals surface area contributed by atoms with Gasteiger partial charge in [0.15, 0.2) is 0 Å². The van der Waals surface area contributed by atoms with Gasteiger partial charge < -0.3 is 5.11 Å². The average Bonchev–Trinajstić information content (AvgIpc) is 1.88. The summed E-state index contributed by atoms with van der Waals surface area (Å²) < 4.78 is 0. The number of hydrogen-bond acceptors (Lipinski definition) is 1. The molecule has 1 nitrogen and oxygen atoms in total. The summed E-state index contributed by atoms with van der Waals surface area (Å²) in [6.07, 6.45) is 5.90. The first-order valence-electron chi connectivity index (χ1n) is 4.81. The molecule has 0 aromatic heterocycles. The lowest BCUT2D eigenvalue weighted by molar-refractivity contribution is 0.301. The predicted octanol–water partition coefficient (Wildman–Crippen LogP) is 2.83. The summed E-state index contributed by atoms with van der Waals surface area (Å²) in [6, 6.07) is 0. The van der Waals surface area contributed by atoms with E-state index in [9.17, 15) is 0 Å². The first-order valence-corrected chi connectivity index (χ1v) is 4.81. The molecular formula is C10H22O. The zero-order valence-corrected chi connectivity index (χ0v) is 8.14. The van der Waals surface area contributed by atoms with Crippen LogP contribution in [0.1, 0.15) is 46.5 Å². The van der Waals surface area contributed by atoms with Crippen molar-refractivity contribution in [2.75, 3.05) is 6.61 Å². The third-order valence-corrected chi connectivity index (χ3v) is 2.20. The van der Waals surface area contributed by atoms with Crippen LogP contribution in [0.5, 0.6) is 0 Å². The van der Waals surface area contributed by atoms with Crippen molar-refractivity contribution < 1.29 is 5.11 Å². The molecular weight excluding hydrogens is 136 g/mol. The number of aliphatic hydroxyl groups excluding tert-OH is 1. The van der Waals surface area contributed by atoms with Gasteiger partial charge in [0.05, 0.1) is 0 Å². The van der Waals surface area contributed by atoms with Crippen molar-refractivity contribution in [2.45, 2.75) is 46.5 Å². The van der Waals surface area contributed by atoms with E-state index < -0.39 is 0 Å². The molecule has 0 aromatic carbocycles. The van der Waals surface area contributed by atoms with E-state index in [1.54, 1.807) is 6.92 Å². The third kappa shape index (κ3) is 6.36. The topological polar surface area (TPSA) is 20.2 Å². The number of aliphatic hydroxyl groups is 1. The lowest BCUT2D eigenvalue weighted by Gasteiger charge is -2.22. The summed E-state index contributed by atoms with van der Waals surface area (Å²) in [5.74, 6) is 2.03. The Kier molecular flexibility index (Phi) is 6.63. The summed E-state index contributed by atoms with van der Waals surface area (Å²) in [6.45, 7) is 6.67. The van der Waals surface area contributed by atoms with Crippen molar-refractivity contribution in [2.24, 2.45) is 11.8 Å². The molecule has 0 aliphatic heterocycles. The summed E-state index contributed by atoms with van der Waals surface area (Å²) in [5, 5.41) is 7.57. The lowest BCUT2D eigenvalue weighted by atomic mass is 9.84. The van der Waals surface area contributed by atoms with Crippen molar-refractivity contribution >= 4 is 0 Å². The van der Waals surface area contributed by atoms with E-state index in [-0.39, 0.29) is 6.61 Å². The van der Waals surface area contributed by atoms with E-state index in [0.29, 0.717) is 0 Å². The molecule has 1 aliphatic carbocycles. The third-order valence-electron chi connectivity index (χ3n) is 2.20. The molecule has 1 N–H and O–H groups in total. The smallest absolute Gasteiger partial charge is 0.0402 e. The monoisotopic (exact) mass is 158 g/mol. The van der Waals surface area contributed by atoms with Gasteiger partial charge in [-0.3, -0.25) is 0 Å². The van der Waals surface area contributed by atoms with Crippen LogP contribution >= 0.6 is 0 Å². The largest absolute Gasteiger partial charge is 0.397 e. The molecule has 0 bridgehead atoms. The second-order valence-corrected chi connectivity index (χ2v) is 3.69. The summed E-state index contributed by atoms with van der Waals surface area (Å²) in [7, 11) is 0. The van der Waals surface area contributed by atoms with E-state index >= 15 is 0 Å². The quantitative estimate of drug-likeness (QED) is 0.574. The van der Waals surface area contributed by atoms with Crippen LogP contribution in [-0.2, 0) is 0 Å². The fraction of sp³-hybridized carbons (Fsp3) is 1.00. The predicted molar refractivity (Wildman–Crippen MR) is 49.6 cm³/mol. The first kappa shape index (κ1) is 11.0. The van der Waals surface area contributed by atoms with Gasteiger partial charge in [-0.1, -0.05) is 33.1 Å². The standard InChI is InChI=1S/C8H16.C2H6O/c1-7-4-3-5-8(2)6-7;1-2-3/h7-8H,3-6H2,1-2H3;3H,2H2,1H3. The Hall–Kier alpha value is -0.0400. The fourth-order valence-corrected chi connectivity index (χ4v) is 1.74. The second-order valence-electron chi connectivity index (χ2n) is 3.69. The van der Waals surface area contributed by atoms with Crippen LogP contribution in [0.25, 0.3) is 0 Å². The SMILES string of the molecule is CC1CCCC(C)C1.CCO. The van der Waals surface area contributed by atoms with Crippen LogP contribution in [0.4, 0.5) is 0 Å². The van der Waals surface area contributed by atoms with E-state index in [0.717, 1.165) is 11.8 Å². The van der Waals surface area contributed by atoms with Crippen LogP contribution in [0.3, 0.4) is 0 Å². The molecule has 2 unspecified atom stereocenters. The minimum Gasteiger partial charge on any atom is -0.397 e. The molecule has 0 spiro atoms. The molecule has 1 fully saturated rings. The molecule has 68 valence electrons. The van der Waals surface area contributed by atoms with E-state index in [2.05, 4.69) is 13.8 Å². The molecule has 1 rings (SSSR count). The van der Waals surface area contributed by atoms with Crippen LogP contribution in [0, 0.1) is 11.8 Å². The minimum absolute atomic E-state index is 0.250. The van der Waals surface area contributed by atoms with Gasteiger partial charge >= 0.3 is 0 Å². The molecule has 1 aliphatic rings. The van der Waals surface area contributed by atoms with Crippen molar-refractivity contribution in [1.29, 1.82) is 0 Å². The highest BCUT2D eigenvalue weighted by Gasteiger charge is 2.13. The zero-order chi connectivity index (χ0) is 8.69. The van der Waals surface area contributed by atoms with E-state index in [4.69, 9.17) is 5.11 Å². The van der Waals surface area contributed by atoms with E-state index in [1.165, 1.54) is 25.7 Å².